The summed E-state index contributed by atoms with van der Waals surface area (Å²) in [6, 6.07) is 5.80. The number of fused-ring (bicyclic) bond motifs is 4. The molecule has 0 aliphatic carbocycles. The van der Waals surface area contributed by atoms with E-state index in [1.54, 1.807) is 0 Å². The van der Waals surface area contributed by atoms with Crippen molar-refractivity contribution in [1.29, 1.82) is 0 Å². The standard InChI is InChI=1S/C16H20N2O4/c19-16(17-13-8-18-5-3-12(13)4-6-18)20-9-11-1-2-14-15(7-11)22-10-21-14/h1-2,7,12-13H,3-6,8-10H2,(H,17,19). The van der Waals surface area contributed by atoms with Crippen molar-refractivity contribution >= 4 is 6.09 Å². The van der Waals surface area contributed by atoms with E-state index in [0.717, 1.165) is 30.9 Å². The van der Waals surface area contributed by atoms with Crippen molar-refractivity contribution in [3.63, 3.8) is 0 Å². The fraction of sp³-hybridized carbons (Fsp3) is 0.562. The van der Waals surface area contributed by atoms with E-state index in [-0.39, 0.29) is 25.5 Å². The first-order valence-electron chi connectivity index (χ1n) is 7.82. The maximum absolute atomic E-state index is 12.0. The minimum atomic E-state index is -0.337. The van der Waals surface area contributed by atoms with Gasteiger partial charge in [0.25, 0.3) is 0 Å². The number of nitrogens with one attached hydrogen (secondary N) is 1. The summed E-state index contributed by atoms with van der Waals surface area (Å²) in [5.74, 6) is 2.04. The zero-order valence-corrected chi connectivity index (χ0v) is 12.4. The normalized spacial score (nSPS) is 28.5. The quantitative estimate of drug-likeness (QED) is 0.921. The molecule has 4 aliphatic heterocycles. The maximum atomic E-state index is 12.0. The van der Waals surface area contributed by atoms with E-state index in [4.69, 9.17) is 14.2 Å². The SMILES string of the molecule is O=C(NC1CN2CCC1CC2)OCc1ccc2c(c1)OCO2. The third-order valence-corrected chi connectivity index (χ3v) is 4.77. The Morgan fingerprint density at radius 3 is 2.86 bits per heavy atom. The Morgan fingerprint density at radius 2 is 2.09 bits per heavy atom. The van der Waals surface area contributed by atoms with E-state index in [1.165, 1.54) is 12.8 Å². The van der Waals surface area contributed by atoms with Crippen molar-refractivity contribution in [3.05, 3.63) is 23.8 Å². The van der Waals surface area contributed by atoms with Gasteiger partial charge in [0.05, 0.1) is 0 Å². The minimum Gasteiger partial charge on any atom is -0.454 e. The van der Waals surface area contributed by atoms with Crippen molar-refractivity contribution < 1.29 is 19.0 Å². The van der Waals surface area contributed by atoms with Crippen molar-refractivity contribution in [2.75, 3.05) is 26.4 Å². The first kappa shape index (κ1) is 13.7. The lowest BCUT2D eigenvalue weighted by Gasteiger charge is -2.44. The van der Waals surface area contributed by atoms with Crippen LogP contribution in [0.2, 0.25) is 0 Å². The van der Waals surface area contributed by atoms with E-state index in [1.807, 2.05) is 18.2 Å². The number of piperidine rings is 3. The summed E-state index contributed by atoms with van der Waals surface area (Å²) in [4.78, 5) is 14.4. The van der Waals surface area contributed by atoms with Crippen molar-refractivity contribution in [1.82, 2.24) is 10.2 Å². The zero-order chi connectivity index (χ0) is 14.9. The van der Waals surface area contributed by atoms with Gasteiger partial charge in [-0.2, -0.15) is 0 Å². The zero-order valence-electron chi connectivity index (χ0n) is 12.4. The lowest BCUT2D eigenvalue weighted by molar-refractivity contribution is 0.0642. The third kappa shape index (κ3) is 2.70. The van der Waals surface area contributed by atoms with Crippen LogP contribution in [0.5, 0.6) is 11.5 Å². The molecule has 4 aliphatic rings. The number of hydrogen-bond donors (Lipinski definition) is 1. The van der Waals surface area contributed by atoms with Crippen molar-refractivity contribution in [3.8, 4) is 11.5 Å². The number of alkyl carbamates (subject to hydrolysis) is 1. The number of benzene rings is 1. The van der Waals surface area contributed by atoms with Crippen LogP contribution in [0, 0.1) is 5.92 Å². The van der Waals surface area contributed by atoms with E-state index in [9.17, 15) is 4.79 Å². The van der Waals surface area contributed by atoms with Crippen LogP contribution in [0.15, 0.2) is 18.2 Å². The summed E-state index contributed by atoms with van der Waals surface area (Å²) < 4.78 is 15.9. The van der Waals surface area contributed by atoms with Gasteiger partial charge >= 0.3 is 6.09 Å². The molecule has 1 amide bonds. The number of amides is 1. The summed E-state index contributed by atoms with van der Waals surface area (Å²) in [7, 11) is 0. The van der Waals surface area contributed by atoms with Gasteiger partial charge < -0.3 is 24.4 Å². The van der Waals surface area contributed by atoms with E-state index in [2.05, 4.69) is 10.2 Å². The highest BCUT2D eigenvalue weighted by atomic mass is 16.7. The van der Waals surface area contributed by atoms with E-state index < -0.39 is 0 Å². The second-order valence-corrected chi connectivity index (χ2v) is 6.15. The predicted molar refractivity (Wildman–Crippen MR) is 78.8 cm³/mol. The van der Waals surface area contributed by atoms with Crippen LogP contribution >= 0.6 is 0 Å². The third-order valence-electron chi connectivity index (χ3n) is 4.77. The van der Waals surface area contributed by atoms with Gasteiger partial charge in [-0.1, -0.05) is 6.07 Å². The second kappa shape index (κ2) is 5.68. The number of rotatable bonds is 3. The molecule has 1 aromatic carbocycles. The van der Waals surface area contributed by atoms with Crippen LogP contribution in [0.25, 0.3) is 0 Å². The molecular formula is C16H20N2O4. The van der Waals surface area contributed by atoms with E-state index in [0.29, 0.717) is 11.7 Å². The Kier molecular flexibility index (Phi) is 3.54. The van der Waals surface area contributed by atoms with Gasteiger partial charge in [0.2, 0.25) is 6.79 Å². The number of nitrogens with zero attached hydrogens (tertiary/aromatic N) is 1. The fourth-order valence-corrected chi connectivity index (χ4v) is 3.50. The molecule has 0 saturated carbocycles. The highest BCUT2D eigenvalue weighted by Gasteiger charge is 2.35. The fourth-order valence-electron chi connectivity index (χ4n) is 3.50. The van der Waals surface area contributed by atoms with Gasteiger partial charge in [0, 0.05) is 12.6 Å². The summed E-state index contributed by atoms with van der Waals surface area (Å²) >= 11 is 0. The van der Waals surface area contributed by atoms with Crippen LogP contribution in [-0.2, 0) is 11.3 Å². The topological polar surface area (TPSA) is 60.0 Å². The lowest BCUT2D eigenvalue weighted by atomic mass is 9.84. The molecule has 6 nitrogen and oxygen atoms in total. The molecule has 22 heavy (non-hydrogen) atoms. The first-order chi connectivity index (χ1) is 10.8. The monoisotopic (exact) mass is 304 g/mol. The average molecular weight is 304 g/mol. The van der Waals surface area contributed by atoms with Crippen molar-refractivity contribution in [2.45, 2.75) is 25.5 Å². The second-order valence-electron chi connectivity index (χ2n) is 6.15. The lowest BCUT2D eigenvalue weighted by Crippen LogP contribution is -2.57. The smallest absolute Gasteiger partial charge is 0.407 e. The number of carbonyl (C=O) groups excluding carboxylic acids is 1. The molecule has 6 heteroatoms. The van der Waals surface area contributed by atoms with Crippen LogP contribution in [0.3, 0.4) is 0 Å². The van der Waals surface area contributed by atoms with E-state index >= 15 is 0 Å². The molecule has 118 valence electrons. The Hall–Kier alpha value is -1.95. The molecule has 0 aromatic heterocycles. The molecule has 1 aromatic rings. The highest BCUT2D eigenvalue weighted by Crippen LogP contribution is 2.32. The molecule has 1 unspecified atom stereocenters. The molecule has 4 heterocycles. The van der Waals surface area contributed by atoms with Crippen LogP contribution in [0.1, 0.15) is 18.4 Å². The summed E-state index contributed by atoms with van der Waals surface area (Å²) in [6.45, 7) is 3.76. The molecule has 5 rings (SSSR count). The van der Waals surface area contributed by atoms with Crippen LogP contribution in [0.4, 0.5) is 4.79 Å². The van der Waals surface area contributed by atoms with Crippen LogP contribution in [-0.4, -0.2) is 43.5 Å². The minimum absolute atomic E-state index is 0.228. The van der Waals surface area contributed by atoms with Gasteiger partial charge in [-0.05, 0) is 49.5 Å². The Bertz CT molecular complexity index is 569. The van der Waals surface area contributed by atoms with Gasteiger partial charge in [-0.3, -0.25) is 0 Å². The maximum Gasteiger partial charge on any atom is 0.407 e. The number of carbonyl (C=O) groups is 1. The van der Waals surface area contributed by atoms with Gasteiger partial charge in [0.1, 0.15) is 6.61 Å². The van der Waals surface area contributed by atoms with Gasteiger partial charge in [0.15, 0.2) is 11.5 Å². The summed E-state index contributed by atoms with van der Waals surface area (Å²) in [6.07, 6.45) is 2.01. The van der Waals surface area contributed by atoms with Crippen molar-refractivity contribution in [2.24, 2.45) is 5.92 Å². The first-order valence-corrected chi connectivity index (χ1v) is 7.82. The van der Waals surface area contributed by atoms with Gasteiger partial charge in [-0.15, -0.1) is 0 Å². The Labute approximate surface area is 129 Å². The summed E-state index contributed by atoms with van der Waals surface area (Å²) in [5, 5.41) is 3.01. The molecule has 2 bridgehead atoms. The molecule has 3 fully saturated rings. The molecule has 3 saturated heterocycles. The van der Waals surface area contributed by atoms with Crippen LogP contribution < -0.4 is 14.8 Å². The Morgan fingerprint density at radius 1 is 1.27 bits per heavy atom. The molecular weight excluding hydrogens is 284 g/mol. The number of hydrogen-bond acceptors (Lipinski definition) is 5. The highest BCUT2D eigenvalue weighted by molar-refractivity contribution is 5.67. The summed E-state index contributed by atoms with van der Waals surface area (Å²) in [5.41, 5.74) is 0.897. The Balaban J connectivity index is 1.29. The molecule has 0 spiro atoms. The molecule has 0 radical (unpaired) electrons. The largest absolute Gasteiger partial charge is 0.454 e. The molecule has 1 N–H and O–H groups in total. The van der Waals surface area contributed by atoms with Gasteiger partial charge in [-0.25, -0.2) is 4.79 Å². The number of ether oxygens (including phenoxy) is 3. The predicted octanol–water partition coefficient (Wildman–Crippen LogP) is 1.74. The average Bonchev–Trinajstić information content (AvgIpc) is 3.02. The molecule has 1 atom stereocenters.